The van der Waals surface area contributed by atoms with Gasteiger partial charge in [-0.05, 0) is 12.1 Å². The normalized spacial score (nSPS) is 9.60. The first-order chi connectivity index (χ1) is 7.18. The van der Waals surface area contributed by atoms with Crippen molar-refractivity contribution in [2.24, 2.45) is 0 Å². The van der Waals surface area contributed by atoms with Crippen molar-refractivity contribution in [2.75, 3.05) is 12.4 Å². The fourth-order valence-corrected chi connectivity index (χ4v) is 1.56. The van der Waals surface area contributed by atoms with E-state index in [1.807, 2.05) is 30.3 Å². The number of esters is 1. The first-order valence-corrected chi connectivity index (χ1v) is 5.22. The van der Waals surface area contributed by atoms with Crippen molar-refractivity contribution in [3.8, 4) is 0 Å². The molecule has 5 heteroatoms. The van der Waals surface area contributed by atoms with E-state index in [0.29, 0.717) is 0 Å². The molecule has 0 unspecified atom stereocenters. The van der Waals surface area contributed by atoms with Gasteiger partial charge in [0.25, 0.3) is 0 Å². The van der Waals surface area contributed by atoms with Gasteiger partial charge in [-0.25, -0.2) is 4.79 Å². The van der Waals surface area contributed by atoms with E-state index in [2.05, 4.69) is 4.74 Å². The van der Waals surface area contributed by atoms with E-state index < -0.39 is 18.5 Å². The van der Waals surface area contributed by atoms with Crippen molar-refractivity contribution >= 4 is 23.7 Å². The summed E-state index contributed by atoms with van der Waals surface area (Å²) in [6.07, 6.45) is 0. The highest BCUT2D eigenvalue weighted by Gasteiger charge is 2.06. The highest BCUT2D eigenvalue weighted by atomic mass is 32.2. The molecule has 0 aliphatic heterocycles. The predicted octanol–water partition coefficient (Wildman–Crippen LogP) is 1.41. The van der Waals surface area contributed by atoms with E-state index in [1.54, 1.807) is 0 Å². The zero-order valence-electron chi connectivity index (χ0n) is 7.88. The fraction of sp³-hybridized carbons (Fsp3) is 0.200. The standard InChI is InChI=1S/C10H10O4S/c11-9(12)6-14-10(13)7-15-8-4-2-1-3-5-8/h1-5H,6-7H2,(H,11,12). The van der Waals surface area contributed by atoms with Gasteiger partial charge in [0.1, 0.15) is 0 Å². The van der Waals surface area contributed by atoms with Crippen LogP contribution >= 0.6 is 11.8 Å². The number of hydrogen-bond donors (Lipinski definition) is 1. The summed E-state index contributed by atoms with van der Waals surface area (Å²) in [6, 6.07) is 9.35. The van der Waals surface area contributed by atoms with Crippen LogP contribution < -0.4 is 0 Å². The molecule has 4 nitrogen and oxygen atoms in total. The Kier molecular flexibility index (Phi) is 4.70. The van der Waals surface area contributed by atoms with Gasteiger partial charge in [-0.2, -0.15) is 0 Å². The van der Waals surface area contributed by atoms with Gasteiger partial charge < -0.3 is 9.84 Å². The molecule has 0 bridgehead atoms. The number of ether oxygens (including phenoxy) is 1. The van der Waals surface area contributed by atoms with Crippen molar-refractivity contribution in [1.29, 1.82) is 0 Å². The Morgan fingerprint density at radius 2 is 1.93 bits per heavy atom. The molecule has 0 aromatic heterocycles. The van der Waals surface area contributed by atoms with E-state index in [4.69, 9.17) is 5.11 Å². The van der Waals surface area contributed by atoms with Crippen molar-refractivity contribution in [3.63, 3.8) is 0 Å². The first kappa shape index (κ1) is 11.6. The van der Waals surface area contributed by atoms with Crippen LogP contribution in [0.5, 0.6) is 0 Å². The van der Waals surface area contributed by atoms with Crippen molar-refractivity contribution in [1.82, 2.24) is 0 Å². The molecule has 0 aliphatic carbocycles. The molecule has 0 saturated carbocycles. The maximum atomic E-state index is 11.0. The maximum Gasteiger partial charge on any atom is 0.341 e. The van der Waals surface area contributed by atoms with Crippen LogP contribution in [0.15, 0.2) is 35.2 Å². The van der Waals surface area contributed by atoms with E-state index in [0.717, 1.165) is 4.90 Å². The summed E-state index contributed by atoms with van der Waals surface area (Å²) in [4.78, 5) is 22.1. The van der Waals surface area contributed by atoms with Gasteiger partial charge in [-0.15, -0.1) is 11.8 Å². The molecule has 0 atom stereocenters. The molecule has 0 amide bonds. The van der Waals surface area contributed by atoms with E-state index in [1.165, 1.54) is 11.8 Å². The number of carboxylic acids is 1. The minimum Gasteiger partial charge on any atom is -0.479 e. The molecular weight excluding hydrogens is 216 g/mol. The van der Waals surface area contributed by atoms with Gasteiger partial charge in [0.15, 0.2) is 6.61 Å². The van der Waals surface area contributed by atoms with E-state index >= 15 is 0 Å². The second kappa shape index (κ2) is 6.08. The number of carboxylic acid groups (broad SMARTS) is 1. The van der Waals surface area contributed by atoms with Crippen molar-refractivity contribution in [3.05, 3.63) is 30.3 Å². The molecule has 0 spiro atoms. The van der Waals surface area contributed by atoms with Crippen LogP contribution in [0.3, 0.4) is 0 Å². The molecule has 0 heterocycles. The lowest BCUT2D eigenvalue weighted by Gasteiger charge is -2.01. The van der Waals surface area contributed by atoms with Crippen LogP contribution in [0.4, 0.5) is 0 Å². The monoisotopic (exact) mass is 226 g/mol. The van der Waals surface area contributed by atoms with Crippen LogP contribution in [0, 0.1) is 0 Å². The van der Waals surface area contributed by atoms with E-state index in [9.17, 15) is 9.59 Å². The Morgan fingerprint density at radius 3 is 2.53 bits per heavy atom. The summed E-state index contributed by atoms with van der Waals surface area (Å²) in [5.74, 6) is -1.54. The zero-order chi connectivity index (χ0) is 11.1. The lowest BCUT2D eigenvalue weighted by molar-refractivity contribution is -0.153. The third-order valence-electron chi connectivity index (χ3n) is 1.46. The summed E-state index contributed by atoms with van der Waals surface area (Å²) in [5, 5.41) is 8.26. The molecule has 15 heavy (non-hydrogen) atoms. The summed E-state index contributed by atoms with van der Waals surface area (Å²) >= 11 is 1.31. The van der Waals surface area contributed by atoms with Gasteiger partial charge >= 0.3 is 11.9 Å². The molecule has 1 N–H and O–H groups in total. The van der Waals surface area contributed by atoms with Gasteiger partial charge in [-0.1, -0.05) is 18.2 Å². The number of benzene rings is 1. The van der Waals surface area contributed by atoms with Crippen molar-refractivity contribution < 1.29 is 19.4 Å². The lowest BCUT2D eigenvalue weighted by Crippen LogP contribution is -2.14. The Labute approximate surface area is 91.2 Å². The molecule has 0 fully saturated rings. The number of aliphatic carboxylic acids is 1. The molecular formula is C10H10O4S. The highest BCUT2D eigenvalue weighted by molar-refractivity contribution is 8.00. The number of rotatable bonds is 5. The fourth-order valence-electron chi connectivity index (χ4n) is 0.843. The minimum absolute atomic E-state index is 0.122. The van der Waals surface area contributed by atoms with Gasteiger partial charge in [0.2, 0.25) is 0 Å². The average molecular weight is 226 g/mol. The van der Waals surface area contributed by atoms with Gasteiger partial charge in [0, 0.05) is 4.90 Å². The van der Waals surface area contributed by atoms with Gasteiger partial charge in [-0.3, -0.25) is 4.79 Å². The summed E-state index contributed by atoms with van der Waals surface area (Å²) in [5.41, 5.74) is 0. The molecule has 0 radical (unpaired) electrons. The smallest absolute Gasteiger partial charge is 0.341 e. The minimum atomic E-state index is -1.15. The van der Waals surface area contributed by atoms with Crippen LogP contribution in [0.25, 0.3) is 0 Å². The summed E-state index contributed by atoms with van der Waals surface area (Å²) in [6.45, 7) is -0.575. The highest BCUT2D eigenvalue weighted by Crippen LogP contribution is 2.16. The Hall–Kier alpha value is -1.49. The lowest BCUT2D eigenvalue weighted by atomic mass is 10.4. The molecule has 1 aromatic rings. The largest absolute Gasteiger partial charge is 0.479 e. The molecule has 80 valence electrons. The third-order valence-corrected chi connectivity index (χ3v) is 2.44. The summed E-state index contributed by atoms with van der Waals surface area (Å²) in [7, 11) is 0. The third kappa shape index (κ3) is 5.07. The molecule has 1 aromatic carbocycles. The number of carbonyl (C=O) groups is 2. The second-order valence-electron chi connectivity index (χ2n) is 2.66. The number of carbonyl (C=O) groups excluding carboxylic acids is 1. The molecule has 1 rings (SSSR count). The summed E-state index contributed by atoms with van der Waals surface area (Å²) < 4.78 is 4.47. The molecule has 0 saturated heterocycles. The van der Waals surface area contributed by atoms with Crippen LogP contribution in [-0.4, -0.2) is 29.4 Å². The Morgan fingerprint density at radius 1 is 1.27 bits per heavy atom. The Balaban J connectivity index is 2.26. The topological polar surface area (TPSA) is 63.6 Å². The first-order valence-electron chi connectivity index (χ1n) is 4.24. The average Bonchev–Trinajstić information content (AvgIpc) is 2.25. The Bertz CT molecular complexity index is 337. The van der Waals surface area contributed by atoms with Gasteiger partial charge in [0.05, 0.1) is 5.75 Å². The predicted molar refractivity (Wildman–Crippen MR) is 55.8 cm³/mol. The van der Waals surface area contributed by atoms with E-state index in [-0.39, 0.29) is 5.75 Å². The van der Waals surface area contributed by atoms with Crippen molar-refractivity contribution in [2.45, 2.75) is 4.90 Å². The maximum absolute atomic E-state index is 11.0. The van der Waals surface area contributed by atoms with Crippen LogP contribution in [0.1, 0.15) is 0 Å². The van der Waals surface area contributed by atoms with Crippen LogP contribution in [-0.2, 0) is 14.3 Å². The quantitative estimate of drug-likeness (QED) is 0.607. The number of thioether (sulfide) groups is 1. The SMILES string of the molecule is O=C(O)COC(=O)CSc1ccccc1. The second-order valence-corrected chi connectivity index (χ2v) is 3.70. The zero-order valence-corrected chi connectivity index (χ0v) is 8.70. The van der Waals surface area contributed by atoms with Crippen LogP contribution in [0.2, 0.25) is 0 Å². The molecule has 0 aliphatic rings. The number of hydrogen-bond acceptors (Lipinski definition) is 4.